The number of rotatable bonds is 1. The third-order valence-electron chi connectivity index (χ3n) is 2.59. The highest BCUT2D eigenvalue weighted by atomic mass is 35.5. The Hall–Kier alpha value is -1.72. The second-order valence-electron chi connectivity index (χ2n) is 3.74. The molecule has 90 valence electrons. The summed E-state index contributed by atoms with van der Waals surface area (Å²) in [6, 6.07) is 8.07. The number of fused-ring (bicyclic) bond motifs is 1. The number of H-pyrrole nitrogens is 1. The zero-order valence-electron chi connectivity index (χ0n) is 9.02. The van der Waals surface area contributed by atoms with Crippen molar-refractivity contribution in [2.45, 2.75) is 0 Å². The number of hydrogen-bond donors (Lipinski definition) is 1. The van der Waals surface area contributed by atoms with Crippen molar-refractivity contribution in [1.29, 1.82) is 0 Å². The summed E-state index contributed by atoms with van der Waals surface area (Å²) in [5, 5.41) is 0.343. The van der Waals surface area contributed by atoms with Crippen LogP contribution in [-0.2, 0) is 0 Å². The molecule has 3 aromatic rings. The minimum absolute atomic E-state index is 0.328. The van der Waals surface area contributed by atoms with E-state index in [1.807, 2.05) is 6.07 Å². The number of nitrogens with one attached hydrogen (secondary N) is 1. The first-order chi connectivity index (χ1) is 8.66. The van der Waals surface area contributed by atoms with E-state index in [0.717, 1.165) is 5.52 Å². The highest BCUT2D eigenvalue weighted by Crippen LogP contribution is 2.22. The van der Waals surface area contributed by atoms with Gasteiger partial charge in [-0.3, -0.25) is 4.57 Å². The molecule has 1 N–H and O–H groups in total. The molecule has 3 nitrogen and oxygen atoms in total. The first-order valence-corrected chi connectivity index (χ1v) is 5.96. The summed E-state index contributed by atoms with van der Waals surface area (Å²) in [6.07, 6.45) is 1.63. The van der Waals surface area contributed by atoms with Crippen LogP contribution in [0.1, 0.15) is 0 Å². The van der Waals surface area contributed by atoms with Crippen LogP contribution in [0.25, 0.3) is 16.9 Å². The van der Waals surface area contributed by atoms with Crippen molar-refractivity contribution in [2.24, 2.45) is 0 Å². The summed E-state index contributed by atoms with van der Waals surface area (Å²) in [4.78, 5) is 7.19. The normalized spacial score (nSPS) is 11.0. The molecule has 2 aromatic heterocycles. The minimum Gasteiger partial charge on any atom is -0.329 e. The summed E-state index contributed by atoms with van der Waals surface area (Å²) in [6.45, 7) is 0. The van der Waals surface area contributed by atoms with Gasteiger partial charge in [0.05, 0.1) is 11.2 Å². The molecule has 0 saturated heterocycles. The van der Waals surface area contributed by atoms with Gasteiger partial charge in [0.1, 0.15) is 5.82 Å². The van der Waals surface area contributed by atoms with Crippen molar-refractivity contribution >= 4 is 35.0 Å². The monoisotopic (exact) mass is 279 g/mol. The number of benzene rings is 1. The standard InChI is InChI=1S/C12H7ClFN3S/c13-7-3-4-10(8(14)6-7)17-11-9(16-12(17)18)2-1-5-15-11/h1-6H,(H,16,18). The molecule has 2 heterocycles. The van der Waals surface area contributed by atoms with Crippen LogP contribution in [-0.4, -0.2) is 14.5 Å². The summed E-state index contributed by atoms with van der Waals surface area (Å²) in [5.74, 6) is -0.440. The Morgan fingerprint density at radius 1 is 1.33 bits per heavy atom. The van der Waals surface area contributed by atoms with E-state index in [2.05, 4.69) is 9.97 Å². The van der Waals surface area contributed by atoms with Gasteiger partial charge in [-0.2, -0.15) is 0 Å². The molecule has 0 fully saturated rings. The maximum absolute atomic E-state index is 13.9. The van der Waals surface area contributed by atoms with Crippen LogP contribution in [0.4, 0.5) is 4.39 Å². The maximum Gasteiger partial charge on any atom is 0.184 e. The van der Waals surface area contributed by atoms with E-state index in [0.29, 0.717) is 21.1 Å². The molecule has 1 aromatic carbocycles. The Balaban J connectivity index is 2.38. The first-order valence-electron chi connectivity index (χ1n) is 5.18. The molecule has 0 atom stereocenters. The average Bonchev–Trinajstić information content (AvgIpc) is 2.66. The highest BCUT2D eigenvalue weighted by Gasteiger charge is 2.11. The number of hydrogen-bond acceptors (Lipinski definition) is 2. The highest BCUT2D eigenvalue weighted by molar-refractivity contribution is 7.71. The zero-order valence-corrected chi connectivity index (χ0v) is 10.6. The summed E-state index contributed by atoms with van der Waals surface area (Å²) >= 11 is 10.9. The van der Waals surface area contributed by atoms with Crippen molar-refractivity contribution < 1.29 is 4.39 Å². The largest absolute Gasteiger partial charge is 0.329 e. The lowest BCUT2D eigenvalue weighted by Gasteiger charge is -2.05. The summed E-state index contributed by atoms with van der Waals surface area (Å²) in [5.41, 5.74) is 1.68. The lowest BCUT2D eigenvalue weighted by Crippen LogP contribution is -1.98. The molecule has 18 heavy (non-hydrogen) atoms. The zero-order chi connectivity index (χ0) is 12.7. The smallest absolute Gasteiger partial charge is 0.184 e. The predicted octanol–water partition coefficient (Wildman–Crippen LogP) is 3.88. The Morgan fingerprint density at radius 3 is 2.94 bits per heavy atom. The maximum atomic E-state index is 13.9. The SMILES string of the molecule is Fc1cc(Cl)ccc1-n1c(=S)[nH]c2cccnc21. The fourth-order valence-electron chi connectivity index (χ4n) is 1.83. The van der Waals surface area contributed by atoms with Gasteiger partial charge in [0.2, 0.25) is 0 Å². The Bertz CT molecular complexity index is 793. The first kappa shape index (κ1) is 11.4. The van der Waals surface area contributed by atoms with Crippen LogP contribution < -0.4 is 0 Å². The third kappa shape index (κ3) is 1.72. The average molecular weight is 280 g/mol. The van der Waals surface area contributed by atoms with Crippen LogP contribution in [0, 0.1) is 10.6 Å². The number of imidazole rings is 1. The van der Waals surface area contributed by atoms with E-state index in [-0.39, 0.29) is 0 Å². The number of aromatic amines is 1. The van der Waals surface area contributed by atoms with Gasteiger partial charge in [-0.25, -0.2) is 9.37 Å². The van der Waals surface area contributed by atoms with E-state index >= 15 is 0 Å². The van der Waals surface area contributed by atoms with Crippen molar-refractivity contribution in [1.82, 2.24) is 14.5 Å². The van der Waals surface area contributed by atoms with Crippen molar-refractivity contribution in [2.75, 3.05) is 0 Å². The van der Waals surface area contributed by atoms with Gasteiger partial charge in [0.25, 0.3) is 0 Å². The van der Waals surface area contributed by atoms with Gasteiger partial charge in [-0.05, 0) is 42.5 Å². The van der Waals surface area contributed by atoms with Gasteiger partial charge in [-0.1, -0.05) is 11.6 Å². The summed E-state index contributed by atoms with van der Waals surface area (Å²) in [7, 11) is 0. The number of pyridine rings is 1. The topological polar surface area (TPSA) is 33.6 Å². The van der Waals surface area contributed by atoms with Gasteiger partial charge in [0.15, 0.2) is 10.4 Å². The van der Waals surface area contributed by atoms with Crippen LogP contribution in [0.5, 0.6) is 0 Å². The molecular formula is C12H7ClFN3S. The van der Waals surface area contributed by atoms with Gasteiger partial charge < -0.3 is 4.98 Å². The molecule has 0 bridgehead atoms. The van der Waals surface area contributed by atoms with E-state index < -0.39 is 5.82 Å². The molecule has 0 amide bonds. The fourth-order valence-corrected chi connectivity index (χ4v) is 2.28. The Labute approximate surface area is 112 Å². The molecule has 0 spiro atoms. The Kier molecular flexibility index (Phi) is 2.65. The quantitative estimate of drug-likeness (QED) is 0.686. The van der Waals surface area contributed by atoms with E-state index in [1.54, 1.807) is 29.0 Å². The van der Waals surface area contributed by atoms with Crippen molar-refractivity contribution in [3.63, 3.8) is 0 Å². The second kappa shape index (κ2) is 4.19. The van der Waals surface area contributed by atoms with E-state index in [1.165, 1.54) is 6.07 Å². The van der Waals surface area contributed by atoms with Crippen LogP contribution in [0.3, 0.4) is 0 Å². The number of nitrogens with zero attached hydrogens (tertiary/aromatic N) is 2. The van der Waals surface area contributed by atoms with E-state index in [9.17, 15) is 4.39 Å². The van der Waals surface area contributed by atoms with Crippen LogP contribution >= 0.6 is 23.8 Å². The number of aromatic nitrogens is 3. The lowest BCUT2D eigenvalue weighted by atomic mass is 10.3. The fraction of sp³-hybridized carbons (Fsp3) is 0. The second-order valence-corrected chi connectivity index (χ2v) is 4.56. The Morgan fingerprint density at radius 2 is 2.17 bits per heavy atom. The number of halogens is 2. The van der Waals surface area contributed by atoms with Crippen LogP contribution in [0.15, 0.2) is 36.5 Å². The molecule has 0 aliphatic rings. The predicted molar refractivity (Wildman–Crippen MR) is 71.2 cm³/mol. The van der Waals surface area contributed by atoms with Gasteiger partial charge >= 0.3 is 0 Å². The molecule has 0 aliphatic heterocycles. The lowest BCUT2D eigenvalue weighted by molar-refractivity contribution is 0.618. The minimum atomic E-state index is -0.440. The molecular weight excluding hydrogens is 273 g/mol. The molecule has 0 unspecified atom stereocenters. The van der Waals surface area contributed by atoms with Crippen molar-refractivity contribution in [3.05, 3.63) is 52.1 Å². The van der Waals surface area contributed by atoms with Crippen molar-refractivity contribution in [3.8, 4) is 5.69 Å². The van der Waals surface area contributed by atoms with Gasteiger partial charge in [-0.15, -0.1) is 0 Å². The van der Waals surface area contributed by atoms with Crippen LogP contribution in [0.2, 0.25) is 5.02 Å². The third-order valence-corrected chi connectivity index (χ3v) is 3.11. The molecule has 0 aliphatic carbocycles. The van der Waals surface area contributed by atoms with E-state index in [4.69, 9.17) is 23.8 Å². The summed E-state index contributed by atoms with van der Waals surface area (Å²) < 4.78 is 15.9. The molecule has 3 rings (SSSR count). The van der Waals surface area contributed by atoms with Gasteiger partial charge in [0, 0.05) is 11.2 Å². The molecule has 0 radical (unpaired) electrons. The molecule has 0 saturated carbocycles. The molecule has 6 heteroatoms.